The summed E-state index contributed by atoms with van der Waals surface area (Å²) < 4.78 is 25.5. The first-order valence-electron chi connectivity index (χ1n) is 4.67. The third kappa shape index (κ3) is 1.84. The molecule has 1 aliphatic rings. The van der Waals surface area contributed by atoms with Crippen LogP contribution in [0.5, 0.6) is 0 Å². The largest absolute Gasteiger partial charge is 0.266 e. The Morgan fingerprint density at radius 1 is 1.50 bits per heavy atom. The Labute approximate surface area is 81.2 Å². The molecule has 0 N–H and O–H groups in total. The Kier molecular flexibility index (Phi) is 2.35. The Morgan fingerprint density at radius 2 is 2.29 bits per heavy atom. The fourth-order valence-corrected chi connectivity index (χ4v) is 1.68. The van der Waals surface area contributed by atoms with Crippen LogP contribution in [-0.2, 0) is 13.0 Å². The number of nitrogens with zero attached hydrogens (tertiary/aromatic N) is 2. The maximum Gasteiger partial charge on any atom is 0.257 e. The molecule has 0 bridgehead atoms. The summed E-state index contributed by atoms with van der Waals surface area (Å²) in [6.07, 6.45) is 3.24. The van der Waals surface area contributed by atoms with Crippen LogP contribution in [0.15, 0.2) is 11.8 Å². The normalized spacial score (nSPS) is 15.6. The van der Waals surface area contributed by atoms with Gasteiger partial charge in [0.25, 0.3) is 6.43 Å². The molecule has 4 heteroatoms. The highest BCUT2D eigenvalue weighted by molar-refractivity contribution is 5.56. The van der Waals surface area contributed by atoms with Gasteiger partial charge in [-0.1, -0.05) is 11.6 Å². The minimum absolute atomic E-state index is 0.306. The molecule has 1 aliphatic carbocycles. The van der Waals surface area contributed by atoms with E-state index in [1.165, 1.54) is 10.3 Å². The number of alkyl halides is 2. The van der Waals surface area contributed by atoms with E-state index in [4.69, 9.17) is 0 Å². The molecule has 2 rings (SSSR count). The van der Waals surface area contributed by atoms with Gasteiger partial charge in [0.05, 0.1) is 5.69 Å². The summed E-state index contributed by atoms with van der Waals surface area (Å²) in [5, 5.41) is 4.12. The zero-order valence-corrected chi connectivity index (χ0v) is 8.00. The monoisotopic (exact) mass is 198 g/mol. The lowest BCUT2D eigenvalue weighted by Crippen LogP contribution is -2.07. The lowest BCUT2D eigenvalue weighted by molar-refractivity contribution is 0.121. The number of allylic oxidation sites excluding steroid dienone is 1. The molecule has 0 fully saturated rings. The summed E-state index contributed by atoms with van der Waals surface area (Å²) in [5.41, 5.74) is 3.22. The lowest BCUT2D eigenvalue weighted by atomic mass is 9.99. The van der Waals surface area contributed by atoms with Crippen molar-refractivity contribution in [2.45, 2.75) is 32.7 Å². The molecule has 0 atom stereocenters. The zero-order valence-electron chi connectivity index (χ0n) is 8.00. The molecule has 0 spiro atoms. The van der Waals surface area contributed by atoms with Gasteiger partial charge in [-0.2, -0.15) is 5.10 Å². The third-order valence-corrected chi connectivity index (χ3v) is 2.35. The average molecular weight is 198 g/mol. The summed E-state index contributed by atoms with van der Waals surface area (Å²) in [6, 6.07) is 0. The molecule has 1 heterocycles. The van der Waals surface area contributed by atoms with Crippen LogP contribution in [0.3, 0.4) is 0 Å². The van der Waals surface area contributed by atoms with Crippen LogP contribution in [-0.4, -0.2) is 16.2 Å². The first-order valence-corrected chi connectivity index (χ1v) is 4.67. The van der Waals surface area contributed by atoms with E-state index in [2.05, 4.69) is 5.10 Å². The van der Waals surface area contributed by atoms with Crippen molar-refractivity contribution in [1.29, 1.82) is 0 Å². The minimum Gasteiger partial charge on any atom is -0.266 e. The number of halogens is 2. The molecule has 1 aromatic rings. The van der Waals surface area contributed by atoms with Gasteiger partial charge < -0.3 is 0 Å². The fraction of sp³-hybridized carbons (Fsp3) is 0.500. The minimum atomic E-state index is -2.33. The summed E-state index contributed by atoms with van der Waals surface area (Å²) >= 11 is 0. The highest BCUT2D eigenvalue weighted by Crippen LogP contribution is 2.22. The van der Waals surface area contributed by atoms with Gasteiger partial charge in [0.2, 0.25) is 0 Å². The first-order chi connectivity index (χ1) is 6.65. The van der Waals surface area contributed by atoms with Crippen LogP contribution in [0.25, 0.3) is 6.08 Å². The molecule has 0 aromatic carbocycles. The van der Waals surface area contributed by atoms with Crippen LogP contribution in [0.4, 0.5) is 8.78 Å². The first kappa shape index (κ1) is 9.37. The van der Waals surface area contributed by atoms with Gasteiger partial charge in [0.1, 0.15) is 6.54 Å². The zero-order chi connectivity index (χ0) is 10.1. The number of hydrogen-bond acceptors (Lipinski definition) is 1. The SMILES string of the molecule is CC1=Cc2cn(CC(F)F)nc2CC1. The molecule has 14 heavy (non-hydrogen) atoms. The Morgan fingerprint density at radius 3 is 3.00 bits per heavy atom. The molecular formula is C10H12F2N2. The van der Waals surface area contributed by atoms with E-state index >= 15 is 0 Å². The molecule has 2 nitrogen and oxygen atoms in total. The molecule has 0 amide bonds. The molecule has 0 saturated heterocycles. The highest BCUT2D eigenvalue weighted by atomic mass is 19.3. The fourth-order valence-electron chi connectivity index (χ4n) is 1.68. The Bertz CT molecular complexity index is 366. The van der Waals surface area contributed by atoms with Gasteiger partial charge in [0.15, 0.2) is 0 Å². The molecule has 0 aliphatic heterocycles. The predicted octanol–water partition coefficient (Wildman–Crippen LogP) is 2.50. The maximum atomic E-state index is 12.1. The van der Waals surface area contributed by atoms with Crippen molar-refractivity contribution in [1.82, 2.24) is 9.78 Å². The van der Waals surface area contributed by atoms with Gasteiger partial charge in [-0.25, -0.2) is 8.78 Å². The molecule has 0 radical (unpaired) electrons. The van der Waals surface area contributed by atoms with Crippen LogP contribution in [0, 0.1) is 0 Å². The standard InChI is InChI=1S/C10H12F2N2/c1-7-2-3-9-8(4-7)5-14(13-9)6-10(11)12/h4-5,10H,2-3,6H2,1H3. The van der Waals surface area contributed by atoms with Crippen molar-refractivity contribution >= 4 is 6.08 Å². The number of rotatable bonds is 2. The van der Waals surface area contributed by atoms with Gasteiger partial charge >= 0.3 is 0 Å². The molecule has 76 valence electrons. The molecule has 0 saturated carbocycles. The van der Waals surface area contributed by atoms with Crippen molar-refractivity contribution in [2.75, 3.05) is 0 Å². The summed E-state index contributed by atoms with van der Waals surface area (Å²) in [7, 11) is 0. The van der Waals surface area contributed by atoms with Crippen molar-refractivity contribution in [3.63, 3.8) is 0 Å². The van der Waals surface area contributed by atoms with Gasteiger partial charge in [-0.15, -0.1) is 0 Å². The van der Waals surface area contributed by atoms with Gasteiger partial charge in [-0.3, -0.25) is 4.68 Å². The Balaban J connectivity index is 2.24. The van der Waals surface area contributed by atoms with E-state index in [0.29, 0.717) is 0 Å². The van der Waals surface area contributed by atoms with Gasteiger partial charge in [-0.05, 0) is 19.8 Å². The average Bonchev–Trinajstić information content (AvgIpc) is 2.44. The number of fused-ring (bicyclic) bond motifs is 1. The van der Waals surface area contributed by atoms with Crippen LogP contribution >= 0.6 is 0 Å². The maximum absolute atomic E-state index is 12.1. The predicted molar refractivity (Wildman–Crippen MR) is 50.2 cm³/mol. The number of aryl methyl sites for hydroxylation is 1. The smallest absolute Gasteiger partial charge is 0.257 e. The molecule has 0 unspecified atom stereocenters. The number of hydrogen-bond donors (Lipinski definition) is 0. The second-order valence-corrected chi connectivity index (χ2v) is 3.63. The topological polar surface area (TPSA) is 17.8 Å². The highest BCUT2D eigenvalue weighted by Gasteiger charge is 2.13. The summed E-state index contributed by atoms with van der Waals surface area (Å²) in [6.45, 7) is 1.74. The Hall–Kier alpha value is -1.19. The van der Waals surface area contributed by atoms with Crippen LogP contribution < -0.4 is 0 Å². The summed E-state index contributed by atoms with van der Waals surface area (Å²) in [4.78, 5) is 0. The second kappa shape index (κ2) is 3.52. The lowest BCUT2D eigenvalue weighted by Gasteiger charge is -2.06. The number of aromatic nitrogens is 2. The molecule has 1 aromatic heterocycles. The van der Waals surface area contributed by atoms with Crippen molar-refractivity contribution in [2.24, 2.45) is 0 Å². The second-order valence-electron chi connectivity index (χ2n) is 3.63. The van der Waals surface area contributed by atoms with Crippen molar-refractivity contribution in [3.8, 4) is 0 Å². The quantitative estimate of drug-likeness (QED) is 0.713. The van der Waals surface area contributed by atoms with Crippen LogP contribution in [0.2, 0.25) is 0 Å². The van der Waals surface area contributed by atoms with Crippen molar-refractivity contribution in [3.05, 3.63) is 23.0 Å². The molecular weight excluding hydrogens is 186 g/mol. The van der Waals surface area contributed by atoms with E-state index in [0.717, 1.165) is 24.1 Å². The third-order valence-electron chi connectivity index (χ3n) is 2.35. The van der Waals surface area contributed by atoms with E-state index in [-0.39, 0.29) is 6.54 Å². The van der Waals surface area contributed by atoms with Gasteiger partial charge in [0, 0.05) is 11.8 Å². The van der Waals surface area contributed by atoms with Crippen LogP contribution in [0.1, 0.15) is 24.6 Å². The van der Waals surface area contributed by atoms with E-state index < -0.39 is 6.43 Å². The van der Waals surface area contributed by atoms with E-state index in [1.807, 2.05) is 13.0 Å². The van der Waals surface area contributed by atoms with Crippen molar-refractivity contribution < 1.29 is 8.78 Å². The van der Waals surface area contributed by atoms with E-state index in [9.17, 15) is 8.78 Å². The van der Waals surface area contributed by atoms with E-state index in [1.54, 1.807) is 6.20 Å². The summed E-state index contributed by atoms with van der Waals surface area (Å²) in [5.74, 6) is 0.